The van der Waals surface area contributed by atoms with E-state index >= 15 is 0 Å². The van der Waals surface area contributed by atoms with Gasteiger partial charge in [0.2, 0.25) is 11.8 Å². The highest BCUT2D eigenvalue weighted by Gasteiger charge is 2.35. The number of hydrogen-bond acceptors (Lipinski definition) is 4. The SMILES string of the molecule is CC[C@H](C(=O)NC1CCCCC1)N(Cc1c(Cl)cccc1Cl)C(=O)CN(c1ccccc1C)S(=O)(=O)c1ccccc1. The zero-order valence-electron chi connectivity index (χ0n) is 23.9. The topological polar surface area (TPSA) is 86.8 Å². The van der Waals surface area contributed by atoms with E-state index < -0.39 is 28.5 Å². The van der Waals surface area contributed by atoms with E-state index in [4.69, 9.17) is 23.2 Å². The monoisotopic (exact) mass is 629 g/mol. The molecular weight excluding hydrogens is 593 g/mol. The molecule has 3 aromatic rings. The molecule has 1 aliphatic rings. The molecule has 2 amide bonds. The van der Waals surface area contributed by atoms with Crippen molar-refractivity contribution in [2.75, 3.05) is 10.8 Å². The summed E-state index contributed by atoms with van der Waals surface area (Å²) >= 11 is 13.0. The van der Waals surface area contributed by atoms with Crippen LogP contribution in [0.1, 0.15) is 56.6 Å². The molecule has 0 aliphatic heterocycles. The Morgan fingerprint density at radius 2 is 1.52 bits per heavy atom. The van der Waals surface area contributed by atoms with Gasteiger partial charge in [-0.1, -0.05) is 91.9 Å². The second kappa shape index (κ2) is 14.4. The molecule has 10 heteroatoms. The first-order valence-electron chi connectivity index (χ1n) is 14.3. The lowest BCUT2D eigenvalue weighted by Gasteiger charge is -2.35. The Balaban J connectivity index is 1.74. The van der Waals surface area contributed by atoms with Gasteiger partial charge in [-0.05, 0) is 62.1 Å². The Morgan fingerprint density at radius 3 is 2.14 bits per heavy atom. The zero-order chi connectivity index (χ0) is 30.3. The Labute approximate surface area is 258 Å². The van der Waals surface area contributed by atoms with Crippen LogP contribution >= 0.6 is 23.2 Å². The smallest absolute Gasteiger partial charge is 0.264 e. The molecule has 1 fully saturated rings. The predicted molar refractivity (Wildman–Crippen MR) is 168 cm³/mol. The van der Waals surface area contributed by atoms with Crippen LogP contribution in [-0.4, -0.2) is 43.8 Å². The number of amides is 2. The summed E-state index contributed by atoms with van der Waals surface area (Å²) < 4.78 is 29.1. The normalized spacial score (nSPS) is 14.7. The number of anilines is 1. The average Bonchev–Trinajstić information content (AvgIpc) is 2.98. The molecule has 224 valence electrons. The summed E-state index contributed by atoms with van der Waals surface area (Å²) in [4.78, 5) is 29.4. The summed E-state index contributed by atoms with van der Waals surface area (Å²) in [6, 6.07) is 19.3. The maximum absolute atomic E-state index is 14.3. The minimum absolute atomic E-state index is 0.0445. The van der Waals surface area contributed by atoms with Crippen LogP contribution < -0.4 is 9.62 Å². The van der Waals surface area contributed by atoms with E-state index in [-0.39, 0.29) is 23.4 Å². The number of rotatable bonds is 11. The number of sulfonamides is 1. The van der Waals surface area contributed by atoms with E-state index in [0.717, 1.165) is 36.4 Å². The van der Waals surface area contributed by atoms with Gasteiger partial charge in [0.25, 0.3) is 10.0 Å². The fourth-order valence-electron chi connectivity index (χ4n) is 5.39. The highest BCUT2D eigenvalue weighted by molar-refractivity contribution is 7.92. The molecule has 7 nitrogen and oxygen atoms in total. The number of hydrogen-bond donors (Lipinski definition) is 1. The zero-order valence-corrected chi connectivity index (χ0v) is 26.3. The molecule has 0 heterocycles. The van der Waals surface area contributed by atoms with E-state index in [2.05, 4.69) is 5.32 Å². The van der Waals surface area contributed by atoms with E-state index in [1.54, 1.807) is 61.5 Å². The third-order valence-corrected chi connectivity index (χ3v) is 10.2. The fourth-order valence-corrected chi connectivity index (χ4v) is 7.41. The number of nitrogens with zero attached hydrogens (tertiary/aromatic N) is 2. The van der Waals surface area contributed by atoms with E-state index in [9.17, 15) is 18.0 Å². The molecule has 1 atom stereocenters. The molecule has 0 spiro atoms. The minimum atomic E-state index is -4.14. The van der Waals surface area contributed by atoms with Crippen molar-refractivity contribution in [3.63, 3.8) is 0 Å². The summed E-state index contributed by atoms with van der Waals surface area (Å²) in [6.07, 6.45) is 5.34. The Morgan fingerprint density at radius 1 is 0.905 bits per heavy atom. The van der Waals surface area contributed by atoms with Gasteiger partial charge in [-0.25, -0.2) is 8.42 Å². The van der Waals surface area contributed by atoms with Gasteiger partial charge in [0.15, 0.2) is 0 Å². The first-order valence-corrected chi connectivity index (χ1v) is 16.5. The van der Waals surface area contributed by atoms with Gasteiger partial charge in [0.1, 0.15) is 12.6 Å². The molecule has 0 unspecified atom stereocenters. The molecule has 0 saturated heterocycles. The second-order valence-corrected chi connectivity index (χ2v) is 13.3. The Kier molecular flexibility index (Phi) is 10.9. The van der Waals surface area contributed by atoms with Crippen molar-refractivity contribution in [2.45, 2.75) is 75.9 Å². The van der Waals surface area contributed by atoms with Crippen LogP contribution in [0.4, 0.5) is 5.69 Å². The van der Waals surface area contributed by atoms with Crippen LogP contribution in [-0.2, 0) is 26.2 Å². The number of carbonyl (C=O) groups excluding carboxylic acids is 2. The standard InChI is InChI=1S/C32H37Cl2N3O4S/c1-3-29(32(39)35-24-14-6-4-7-15-24)36(21-26-27(33)18-12-19-28(26)34)31(38)22-37(30-20-11-10-13-23(30)2)42(40,41)25-16-8-5-9-17-25/h5,8-13,16-20,24,29H,3-4,6-7,14-15,21-22H2,1-2H3,(H,35,39)/t29-/m1/s1. The summed E-state index contributed by atoms with van der Waals surface area (Å²) in [5.74, 6) is -0.811. The average molecular weight is 631 g/mol. The third-order valence-electron chi connectivity index (χ3n) is 7.72. The molecule has 1 aliphatic carbocycles. The fraction of sp³-hybridized carbons (Fsp3) is 0.375. The number of benzene rings is 3. The van der Waals surface area contributed by atoms with Crippen molar-refractivity contribution in [2.24, 2.45) is 0 Å². The van der Waals surface area contributed by atoms with Crippen LogP contribution in [0.25, 0.3) is 0 Å². The van der Waals surface area contributed by atoms with Crippen molar-refractivity contribution < 1.29 is 18.0 Å². The number of para-hydroxylation sites is 1. The van der Waals surface area contributed by atoms with Crippen LogP contribution in [0, 0.1) is 6.92 Å². The van der Waals surface area contributed by atoms with Gasteiger partial charge >= 0.3 is 0 Å². The van der Waals surface area contributed by atoms with Crippen molar-refractivity contribution in [1.82, 2.24) is 10.2 Å². The van der Waals surface area contributed by atoms with Crippen molar-refractivity contribution in [3.8, 4) is 0 Å². The Bertz CT molecular complexity index is 1470. The highest BCUT2D eigenvalue weighted by Crippen LogP contribution is 2.30. The minimum Gasteiger partial charge on any atom is -0.352 e. The van der Waals surface area contributed by atoms with E-state index in [1.165, 1.54) is 17.0 Å². The van der Waals surface area contributed by atoms with E-state index in [0.29, 0.717) is 33.3 Å². The van der Waals surface area contributed by atoms with Crippen molar-refractivity contribution in [1.29, 1.82) is 0 Å². The summed E-state index contributed by atoms with van der Waals surface area (Å²) in [5.41, 5.74) is 1.56. The van der Waals surface area contributed by atoms with Crippen LogP contribution in [0.15, 0.2) is 77.7 Å². The largest absolute Gasteiger partial charge is 0.352 e. The second-order valence-electron chi connectivity index (χ2n) is 10.6. The third kappa shape index (κ3) is 7.46. The molecule has 0 aromatic heterocycles. The lowest BCUT2D eigenvalue weighted by Crippen LogP contribution is -2.54. The van der Waals surface area contributed by atoms with Crippen molar-refractivity contribution in [3.05, 3.63) is 94.0 Å². The number of aryl methyl sites for hydroxylation is 1. The first kappa shape index (κ1) is 31.9. The molecular formula is C32H37Cl2N3O4S. The summed E-state index contributed by atoms with van der Waals surface area (Å²) in [7, 11) is -4.14. The molecule has 3 aromatic carbocycles. The van der Waals surface area contributed by atoms with Crippen LogP contribution in [0.3, 0.4) is 0 Å². The highest BCUT2D eigenvalue weighted by atomic mass is 35.5. The Hall–Kier alpha value is -3.07. The van der Waals surface area contributed by atoms with Crippen LogP contribution in [0.5, 0.6) is 0 Å². The van der Waals surface area contributed by atoms with Gasteiger partial charge in [-0.2, -0.15) is 0 Å². The molecule has 1 N–H and O–H groups in total. The molecule has 0 radical (unpaired) electrons. The molecule has 4 rings (SSSR count). The van der Waals surface area contributed by atoms with E-state index in [1.807, 2.05) is 13.0 Å². The predicted octanol–water partition coefficient (Wildman–Crippen LogP) is 6.75. The summed E-state index contributed by atoms with van der Waals surface area (Å²) in [5, 5.41) is 3.85. The quantitative estimate of drug-likeness (QED) is 0.254. The maximum Gasteiger partial charge on any atom is 0.264 e. The lowest BCUT2D eigenvalue weighted by molar-refractivity contribution is -0.140. The molecule has 1 saturated carbocycles. The lowest BCUT2D eigenvalue weighted by atomic mass is 9.95. The van der Waals surface area contributed by atoms with Gasteiger partial charge in [-0.15, -0.1) is 0 Å². The molecule has 42 heavy (non-hydrogen) atoms. The first-order chi connectivity index (χ1) is 20.1. The number of carbonyl (C=O) groups is 2. The van der Waals surface area contributed by atoms with Crippen LogP contribution in [0.2, 0.25) is 10.0 Å². The molecule has 0 bridgehead atoms. The maximum atomic E-state index is 14.3. The van der Waals surface area contributed by atoms with Crippen molar-refractivity contribution >= 4 is 50.7 Å². The van der Waals surface area contributed by atoms with Gasteiger partial charge < -0.3 is 10.2 Å². The van der Waals surface area contributed by atoms with Gasteiger partial charge in [-0.3, -0.25) is 13.9 Å². The summed E-state index contributed by atoms with van der Waals surface area (Å²) in [6.45, 7) is 3.05. The van der Waals surface area contributed by atoms with Gasteiger partial charge in [0.05, 0.1) is 10.6 Å². The van der Waals surface area contributed by atoms with Gasteiger partial charge in [0, 0.05) is 28.2 Å². The number of halogens is 2. The number of nitrogens with one attached hydrogen (secondary N) is 1.